The normalized spacial score (nSPS) is 16.9. The first-order valence-electron chi connectivity index (χ1n) is 13.4. The van der Waals surface area contributed by atoms with E-state index in [1.165, 1.54) is 27.7 Å². The van der Waals surface area contributed by atoms with E-state index < -0.39 is 79.2 Å². The second-order valence-electron chi connectivity index (χ2n) is 10.3. The van der Waals surface area contributed by atoms with Gasteiger partial charge in [-0.3, -0.25) is 14.4 Å². The van der Waals surface area contributed by atoms with Gasteiger partial charge >= 0.3 is 11.7 Å². The van der Waals surface area contributed by atoms with Crippen molar-refractivity contribution in [3.8, 4) is 11.8 Å². The largest absolute Gasteiger partial charge is 0.501 e. The zero-order valence-corrected chi connectivity index (χ0v) is 25.3. The number of fused-ring (bicyclic) bond motifs is 1. The molecule has 11 nitrogen and oxygen atoms in total. The summed E-state index contributed by atoms with van der Waals surface area (Å²) in [5, 5.41) is 19.8. The average molecular weight is 684 g/mol. The van der Waals surface area contributed by atoms with Crippen LogP contribution in [0.1, 0.15) is 56.7 Å². The highest BCUT2D eigenvalue weighted by Gasteiger charge is 2.39. The lowest BCUT2D eigenvalue weighted by atomic mass is 10.1. The first-order chi connectivity index (χ1) is 21.2. The number of rotatable bonds is 6. The summed E-state index contributed by atoms with van der Waals surface area (Å²) < 4.78 is 67.4. The molecule has 0 radical (unpaired) electrons. The van der Waals surface area contributed by atoms with Crippen molar-refractivity contribution in [2.24, 2.45) is 0 Å². The van der Waals surface area contributed by atoms with Gasteiger partial charge in [-0.1, -0.05) is 29.3 Å². The Morgan fingerprint density at radius 1 is 1.11 bits per heavy atom. The lowest BCUT2D eigenvalue weighted by Gasteiger charge is -2.34. The van der Waals surface area contributed by atoms with Crippen molar-refractivity contribution in [1.82, 2.24) is 19.4 Å². The van der Waals surface area contributed by atoms with E-state index in [4.69, 9.17) is 28.5 Å². The van der Waals surface area contributed by atoms with Crippen molar-refractivity contribution in [1.29, 1.82) is 5.26 Å². The van der Waals surface area contributed by atoms with E-state index in [-0.39, 0.29) is 41.1 Å². The molecule has 3 heterocycles. The van der Waals surface area contributed by atoms with Gasteiger partial charge in [0.15, 0.2) is 15.5 Å². The number of sulfone groups is 1. The highest BCUT2D eigenvalue weighted by molar-refractivity contribution is 7.91. The third kappa shape index (κ3) is 5.97. The van der Waals surface area contributed by atoms with Crippen LogP contribution in [-0.2, 0) is 22.6 Å². The molecular weight excluding hydrogens is 662 g/mol. The zero-order chi connectivity index (χ0) is 32.8. The standard InChI is InChI=1S/C28H22Cl2F3N5O6S/c29-18-3-1-4-19(30)21(18)26(41)37-8-2-5-20(37)24-35-25(40)23(39)22-27(42)36(9-10-38(22)24)11-12-45(43,44)16-7-6-15(14-34)17(13-16)28(31,32)33/h1,3-4,6-7,13,20,39H,2,5,8-12H2/t20-/m0/s1. The van der Waals surface area contributed by atoms with Crippen LogP contribution in [0.5, 0.6) is 5.75 Å². The van der Waals surface area contributed by atoms with Crippen LogP contribution in [0, 0.1) is 11.3 Å². The van der Waals surface area contributed by atoms with Crippen molar-refractivity contribution in [3.05, 3.63) is 85.0 Å². The number of alkyl halides is 3. The van der Waals surface area contributed by atoms with Crippen molar-refractivity contribution < 1.29 is 36.3 Å². The number of nitrogens with zero attached hydrogens (tertiary/aromatic N) is 5. The fourth-order valence-corrected chi connectivity index (χ4v) is 7.29. The fraction of sp³-hybridized carbons (Fsp3) is 0.321. The molecule has 236 valence electrons. The van der Waals surface area contributed by atoms with E-state index in [9.17, 15) is 41.1 Å². The molecule has 1 atom stereocenters. The Morgan fingerprint density at radius 2 is 1.80 bits per heavy atom. The van der Waals surface area contributed by atoms with E-state index in [0.717, 1.165) is 17.0 Å². The molecule has 0 bridgehead atoms. The Morgan fingerprint density at radius 3 is 2.44 bits per heavy atom. The van der Waals surface area contributed by atoms with Crippen LogP contribution in [0.15, 0.2) is 46.1 Å². The number of likely N-dealkylation sites (tertiary alicyclic amines) is 1. The minimum Gasteiger partial charge on any atom is -0.501 e. The molecule has 1 aromatic heterocycles. The molecule has 0 unspecified atom stereocenters. The SMILES string of the molecule is N#Cc1ccc(S(=O)(=O)CCN2CCn3c([C@@H]4CCCN4C(=O)c4c(Cl)cccc4Cl)nc(=O)c(O)c3C2=O)cc1C(F)(F)F. The van der Waals surface area contributed by atoms with Gasteiger partial charge in [0.1, 0.15) is 5.82 Å². The maximum atomic E-state index is 13.5. The van der Waals surface area contributed by atoms with Crippen molar-refractivity contribution in [3.63, 3.8) is 0 Å². The number of carbonyl (C=O) groups is 2. The minimum absolute atomic E-state index is 0.0414. The average Bonchev–Trinajstić information content (AvgIpc) is 3.47. The quantitative estimate of drug-likeness (QED) is 0.408. The molecule has 0 spiro atoms. The van der Waals surface area contributed by atoms with Gasteiger partial charge in [0.2, 0.25) is 5.75 Å². The molecule has 2 amide bonds. The van der Waals surface area contributed by atoms with Crippen LogP contribution in [0.2, 0.25) is 10.0 Å². The van der Waals surface area contributed by atoms with E-state index in [1.807, 2.05) is 0 Å². The molecule has 0 aliphatic carbocycles. The molecule has 17 heteroatoms. The highest BCUT2D eigenvalue weighted by Crippen LogP contribution is 2.37. The van der Waals surface area contributed by atoms with Crippen LogP contribution in [0.25, 0.3) is 0 Å². The molecule has 1 fully saturated rings. The maximum Gasteiger partial charge on any atom is 0.417 e. The van der Waals surface area contributed by atoms with Crippen molar-refractivity contribution in [2.75, 3.05) is 25.4 Å². The third-order valence-electron chi connectivity index (χ3n) is 7.67. The van der Waals surface area contributed by atoms with Crippen molar-refractivity contribution in [2.45, 2.75) is 36.5 Å². The van der Waals surface area contributed by atoms with Gasteiger partial charge in [-0.05, 0) is 43.2 Å². The number of amides is 2. The highest BCUT2D eigenvalue weighted by atomic mass is 35.5. The number of nitriles is 1. The smallest absolute Gasteiger partial charge is 0.417 e. The summed E-state index contributed by atoms with van der Waals surface area (Å²) >= 11 is 12.5. The lowest BCUT2D eigenvalue weighted by Crippen LogP contribution is -2.46. The fourth-order valence-electron chi connectivity index (χ4n) is 5.46. The monoisotopic (exact) mass is 683 g/mol. The molecule has 45 heavy (non-hydrogen) atoms. The van der Waals surface area contributed by atoms with Crippen LogP contribution < -0.4 is 5.56 Å². The Kier molecular flexibility index (Phi) is 8.60. The van der Waals surface area contributed by atoms with Crippen LogP contribution in [0.4, 0.5) is 13.2 Å². The van der Waals surface area contributed by atoms with E-state index in [1.54, 1.807) is 6.07 Å². The Balaban J connectivity index is 1.42. The predicted octanol–water partition coefficient (Wildman–Crippen LogP) is 4.05. The molecule has 1 saturated heterocycles. The topological polar surface area (TPSA) is 154 Å². The third-order valence-corrected chi connectivity index (χ3v) is 9.99. The molecule has 1 N–H and O–H groups in total. The molecular formula is C28H22Cl2F3N5O6S. The zero-order valence-electron chi connectivity index (χ0n) is 23.0. The lowest BCUT2D eigenvalue weighted by molar-refractivity contribution is -0.137. The van der Waals surface area contributed by atoms with Gasteiger partial charge in [0.05, 0.1) is 49.5 Å². The van der Waals surface area contributed by atoms with Gasteiger partial charge < -0.3 is 19.5 Å². The number of benzene rings is 2. The second kappa shape index (κ2) is 12.0. The van der Waals surface area contributed by atoms with Crippen LogP contribution >= 0.6 is 23.2 Å². The number of hydrogen-bond donors (Lipinski definition) is 1. The van der Waals surface area contributed by atoms with Crippen molar-refractivity contribution >= 4 is 44.9 Å². The summed E-state index contributed by atoms with van der Waals surface area (Å²) in [6.45, 7) is -0.360. The van der Waals surface area contributed by atoms with Gasteiger partial charge in [0.25, 0.3) is 11.8 Å². The first kappa shape index (κ1) is 32.3. The Labute approximate surface area is 263 Å². The van der Waals surface area contributed by atoms with Crippen LogP contribution in [-0.4, -0.2) is 70.1 Å². The first-order valence-corrected chi connectivity index (χ1v) is 15.8. The summed E-state index contributed by atoms with van der Waals surface area (Å²) in [6, 6.07) is 7.18. The molecule has 3 aromatic rings. The molecule has 5 rings (SSSR count). The molecule has 2 aliphatic heterocycles. The van der Waals surface area contributed by atoms with E-state index in [2.05, 4.69) is 4.98 Å². The molecule has 2 aliphatic rings. The number of halogens is 5. The van der Waals surface area contributed by atoms with Gasteiger partial charge in [-0.25, -0.2) is 8.42 Å². The summed E-state index contributed by atoms with van der Waals surface area (Å²) in [6.07, 6.45) is -4.09. The Bertz CT molecular complexity index is 1920. The summed E-state index contributed by atoms with van der Waals surface area (Å²) in [5.41, 5.74) is -3.68. The second-order valence-corrected chi connectivity index (χ2v) is 13.2. The molecule has 0 saturated carbocycles. The summed E-state index contributed by atoms with van der Waals surface area (Å²) in [7, 11) is -4.37. The number of hydrogen-bond acceptors (Lipinski definition) is 8. The molecule has 2 aromatic carbocycles. The van der Waals surface area contributed by atoms with Gasteiger partial charge in [0, 0.05) is 26.2 Å². The number of aromatic nitrogens is 2. The Hall–Kier alpha value is -4.13. The van der Waals surface area contributed by atoms with Gasteiger partial charge in [-0.2, -0.15) is 23.4 Å². The van der Waals surface area contributed by atoms with E-state index in [0.29, 0.717) is 18.9 Å². The summed E-state index contributed by atoms with van der Waals surface area (Å²) in [5.74, 6) is -3.14. The van der Waals surface area contributed by atoms with Gasteiger partial charge in [-0.15, -0.1) is 0 Å². The predicted molar refractivity (Wildman–Crippen MR) is 154 cm³/mol. The summed E-state index contributed by atoms with van der Waals surface area (Å²) in [4.78, 5) is 45.5. The number of aromatic hydroxyl groups is 1. The maximum absolute atomic E-state index is 13.5. The number of carbonyl (C=O) groups excluding carboxylic acids is 2. The minimum atomic E-state index is -4.97. The van der Waals surface area contributed by atoms with Crippen LogP contribution in [0.3, 0.4) is 0 Å². The van der Waals surface area contributed by atoms with E-state index >= 15 is 0 Å².